The Labute approximate surface area is 156 Å². The molecule has 0 saturated carbocycles. The SMILES string of the molecule is CCOC(=O)c1c(C)c(-c2ccc(-c3ccccc3F)cc2)nc(N)c1N. The summed E-state index contributed by atoms with van der Waals surface area (Å²) in [5.74, 6) is -0.761. The first-order chi connectivity index (χ1) is 12.9. The van der Waals surface area contributed by atoms with Gasteiger partial charge in [-0.05, 0) is 31.0 Å². The number of halogens is 1. The van der Waals surface area contributed by atoms with E-state index >= 15 is 0 Å². The number of esters is 1. The average Bonchev–Trinajstić information content (AvgIpc) is 2.66. The minimum absolute atomic E-state index is 0.0665. The van der Waals surface area contributed by atoms with Crippen molar-refractivity contribution in [1.29, 1.82) is 0 Å². The first kappa shape index (κ1) is 18.4. The molecule has 0 unspecified atom stereocenters. The zero-order valence-corrected chi connectivity index (χ0v) is 15.1. The second kappa shape index (κ2) is 7.45. The highest BCUT2D eigenvalue weighted by Crippen LogP contribution is 2.32. The molecule has 0 aliphatic heterocycles. The van der Waals surface area contributed by atoms with Crippen molar-refractivity contribution in [2.45, 2.75) is 13.8 Å². The van der Waals surface area contributed by atoms with Crippen LogP contribution in [0.2, 0.25) is 0 Å². The maximum Gasteiger partial charge on any atom is 0.340 e. The van der Waals surface area contributed by atoms with Crippen molar-refractivity contribution in [3.05, 3.63) is 65.5 Å². The lowest BCUT2D eigenvalue weighted by Crippen LogP contribution is -2.14. The zero-order chi connectivity index (χ0) is 19.6. The van der Waals surface area contributed by atoms with Crippen LogP contribution in [0.1, 0.15) is 22.8 Å². The summed E-state index contributed by atoms with van der Waals surface area (Å²) in [6, 6.07) is 13.8. The summed E-state index contributed by atoms with van der Waals surface area (Å²) in [5, 5.41) is 0. The minimum Gasteiger partial charge on any atom is -0.462 e. The lowest BCUT2D eigenvalue weighted by Gasteiger charge is -2.15. The minimum atomic E-state index is -0.536. The van der Waals surface area contributed by atoms with Crippen LogP contribution in [0.15, 0.2) is 48.5 Å². The first-order valence-electron chi connectivity index (χ1n) is 8.52. The molecule has 0 aliphatic carbocycles. The second-order valence-corrected chi connectivity index (χ2v) is 6.04. The lowest BCUT2D eigenvalue weighted by atomic mass is 9.98. The predicted octanol–water partition coefficient (Wildman–Crippen LogP) is 4.20. The van der Waals surface area contributed by atoms with Crippen LogP contribution in [0.4, 0.5) is 15.9 Å². The van der Waals surface area contributed by atoms with Crippen molar-refractivity contribution < 1.29 is 13.9 Å². The molecular weight excluding hydrogens is 345 g/mol. The molecule has 3 rings (SSSR count). The number of carbonyl (C=O) groups excluding carboxylic acids is 1. The van der Waals surface area contributed by atoms with Gasteiger partial charge in [-0.25, -0.2) is 14.2 Å². The second-order valence-electron chi connectivity index (χ2n) is 6.04. The van der Waals surface area contributed by atoms with E-state index in [1.165, 1.54) is 6.07 Å². The van der Waals surface area contributed by atoms with Gasteiger partial charge in [-0.2, -0.15) is 0 Å². The van der Waals surface area contributed by atoms with E-state index in [1.54, 1.807) is 44.2 Å². The molecule has 0 amide bonds. The van der Waals surface area contributed by atoms with Crippen molar-refractivity contribution in [3.8, 4) is 22.4 Å². The van der Waals surface area contributed by atoms with Crippen molar-refractivity contribution in [3.63, 3.8) is 0 Å². The van der Waals surface area contributed by atoms with Gasteiger partial charge >= 0.3 is 5.97 Å². The summed E-state index contributed by atoms with van der Waals surface area (Å²) in [7, 11) is 0. The average molecular weight is 365 g/mol. The maximum absolute atomic E-state index is 14.0. The fourth-order valence-electron chi connectivity index (χ4n) is 2.96. The molecule has 6 heteroatoms. The molecule has 138 valence electrons. The van der Waals surface area contributed by atoms with E-state index in [2.05, 4.69) is 4.98 Å². The summed E-state index contributed by atoms with van der Waals surface area (Å²) in [5.41, 5.74) is 15.3. The Morgan fingerprint density at radius 1 is 1.07 bits per heavy atom. The summed E-state index contributed by atoms with van der Waals surface area (Å²) >= 11 is 0. The Balaban J connectivity index is 2.07. The van der Waals surface area contributed by atoms with E-state index in [-0.39, 0.29) is 29.5 Å². The van der Waals surface area contributed by atoms with Gasteiger partial charge in [0.25, 0.3) is 0 Å². The Kier molecular flexibility index (Phi) is 5.07. The van der Waals surface area contributed by atoms with Gasteiger partial charge < -0.3 is 16.2 Å². The van der Waals surface area contributed by atoms with Crippen LogP contribution < -0.4 is 11.5 Å². The van der Waals surface area contributed by atoms with E-state index in [0.29, 0.717) is 16.8 Å². The molecule has 0 saturated heterocycles. The standard InChI is InChI=1S/C21H20FN3O2/c1-3-27-21(26)17-12(2)19(25-20(24)18(17)23)14-10-8-13(9-11-14)15-6-4-5-7-16(15)22/h4-11H,3,23H2,1-2H3,(H2,24,25). The first-order valence-corrected chi connectivity index (χ1v) is 8.52. The van der Waals surface area contributed by atoms with Crippen molar-refractivity contribution in [2.24, 2.45) is 0 Å². The third-order valence-electron chi connectivity index (χ3n) is 4.33. The highest BCUT2D eigenvalue weighted by atomic mass is 19.1. The van der Waals surface area contributed by atoms with Crippen LogP contribution in [0.5, 0.6) is 0 Å². The number of pyridine rings is 1. The molecule has 0 aliphatic rings. The number of rotatable bonds is 4. The highest BCUT2D eigenvalue weighted by molar-refractivity contribution is 6.00. The third kappa shape index (κ3) is 3.46. The molecule has 5 nitrogen and oxygen atoms in total. The van der Waals surface area contributed by atoms with Gasteiger partial charge in [0.05, 0.1) is 23.6 Å². The van der Waals surface area contributed by atoms with Crippen LogP contribution in [-0.2, 0) is 4.74 Å². The largest absolute Gasteiger partial charge is 0.462 e. The number of hydrogen-bond donors (Lipinski definition) is 2. The topological polar surface area (TPSA) is 91.2 Å². The molecule has 0 bridgehead atoms. The van der Waals surface area contributed by atoms with Crippen LogP contribution in [0.25, 0.3) is 22.4 Å². The summed E-state index contributed by atoms with van der Waals surface area (Å²) in [6.45, 7) is 3.69. The summed E-state index contributed by atoms with van der Waals surface area (Å²) < 4.78 is 19.1. The fraction of sp³-hybridized carbons (Fsp3) is 0.143. The van der Waals surface area contributed by atoms with Crippen molar-refractivity contribution in [2.75, 3.05) is 18.1 Å². The van der Waals surface area contributed by atoms with Gasteiger partial charge in [0.2, 0.25) is 0 Å². The van der Waals surface area contributed by atoms with Gasteiger partial charge in [-0.3, -0.25) is 0 Å². The van der Waals surface area contributed by atoms with Crippen LogP contribution in [0, 0.1) is 12.7 Å². The summed E-state index contributed by atoms with van der Waals surface area (Å²) in [4.78, 5) is 16.6. The Morgan fingerprint density at radius 2 is 1.70 bits per heavy atom. The molecule has 0 atom stereocenters. The molecule has 4 N–H and O–H groups in total. The van der Waals surface area contributed by atoms with E-state index in [1.807, 2.05) is 12.1 Å². The molecule has 3 aromatic rings. The van der Waals surface area contributed by atoms with Crippen molar-refractivity contribution in [1.82, 2.24) is 4.98 Å². The normalized spacial score (nSPS) is 10.6. The molecule has 1 aromatic heterocycles. The van der Waals surface area contributed by atoms with E-state index < -0.39 is 5.97 Å². The fourth-order valence-corrected chi connectivity index (χ4v) is 2.96. The van der Waals surface area contributed by atoms with E-state index in [4.69, 9.17) is 16.2 Å². The number of hydrogen-bond acceptors (Lipinski definition) is 5. The lowest BCUT2D eigenvalue weighted by molar-refractivity contribution is 0.0527. The van der Waals surface area contributed by atoms with Gasteiger partial charge in [0, 0.05) is 11.1 Å². The summed E-state index contributed by atoms with van der Waals surface area (Å²) in [6.07, 6.45) is 0. The molecule has 1 heterocycles. The number of nitrogens with two attached hydrogens (primary N) is 2. The Morgan fingerprint density at radius 3 is 2.33 bits per heavy atom. The number of nitrogen functional groups attached to an aromatic ring is 2. The molecule has 0 spiro atoms. The van der Waals surface area contributed by atoms with E-state index in [9.17, 15) is 9.18 Å². The van der Waals surface area contributed by atoms with Crippen LogP contribution in [0.3, 0.4) is 0 Å². The van der Waals surface area contributed by atoms with E-state index in [0.717, 1.165) is 11.1 Å². The number of aromatic nitrogens is 1. The number of nitrogens with zero attached hydrogens (tertiary/aromatic N) is 1. The maximum atomic E-state index is 14.0. The molecular formula is C21H20FN3O2. The van der Waals surface area contributed by atoms with Gasteiger partial charge in [-0.1, -0.05) is 42.5 Å². The third-order valence-corrected chi connectivity index (χ3v) is 4.33. The number of benzene rings is 2. The molecule has 27 heavy (non-hydrogen) atoms. The Hall–Kier alpha value is -3.41. The Bertz CT molecular complexity index is 1000. The van der Waals surface area contributed by atoms with Crippen LogP contribution in [-0.4, -0.2) is 17.6 Å². The zero-order valence-electron chi connectivity index (χ0n) is 15.1. The monoisotopic (exact) mass is 365 g/mol. The van der Waals surface area contributed by atoms with Gasteiger partial charge in [0.15, 0.2) is 0 Å². The number of anilines is 2. The number of ether oxygens (including phenoxy) is 1. The van der Waals surface area contributed by atoms with Gasteiger partial charge in [-0.15, -0.1) is 0 Å². The van der Waals surface area contributed by atoms with Crippen molar-refractivity contribution >= 4 is 17.5 Å². The molecule has 2 aromatic carbocycles. The van der Waals surface area contributed by atoms with Gasteiger partial charge in [0.1, 0.15) is 11.6 Å². The number of carbonyl (C=O) groups is 1. The highest BCUT2D eigenvalue weighted by Gasteiger charge is 2.21. The predicted molar refractivity (Wildman–Crippen MR) is 105 cm³/mol. The quantitative estimate of drug-likeness (QED) is 0.676. The molecule has 0 radical (unpaired) electrons. The van der Waals surface area contributed by atoms with Crippen LogP contribution >= 0.6 is 0 Å². The smallest absolute Gasteiger partial charge is 0.340 e. The molecule has 0 fully saturated rings.